The normalized spacial score (nSPS) is 16.2. The topological polar surface area (TPSA) is 75.9 Å². The van der Waals surface area contributed by atoms with Gasteiger partial charge in [0, 0.05) is 12.2 Å². The van der Waals surface area contributed by atoms with Crippen molar-refractivity contribution in [3.63, 3.8) is 0 Å². The second-order valence-electron chi connectivity index (χ2n) is 11.8. The first-order valence-corrected chi connectivity index (χ1v) is 13.5. The van der Waals surface area contributed by atoms with Crippen molar-refractivity contribution in [2.45, 2.75) is 72.5 Å². The fourth-order valence-corrected chi connectivity index (χ4v) is 4.85. The molecule has 0 spiro atoms. The highest BCUT2D eigenvalue weighted by atomic mass is 19.4. The van der Waals surface area contributed by atoms with Crippen molar-refractivity contribution in [2.75, 3.05) is 18.9 Å². The smallest absolute Gasteiger partial charge is 0.320 e. The summed E-state index contributed by atoms with van der Waals surface area (Å²) in [5.74, 6) is -0.197. The highest BCUT2D eigenvalue weighted by Crippen LogP contribution is 2.32. The van der Waals surface area contributed by atoms with Crippen LogP contribution in [-0.4, -0.2) is 50.2 Å². The number of halogens is 3. The number of carbonyl (C=O) groups excluding carboxylic acids is 1. The summed E-state index contributed by atoms with van der Waals surface area (Å²) < 4.78 is 39.9. The van der Waals surface area contributed by atoms with Gasteiger partial charge in [-0.25, -0.2) is 9.67 Å². The highest BCUT2D eigenvalue weighted by molar-refractivity contribution is 6.05. The zero-order chi connectivity index (χ0) is 29.2. The van der Waals surface area contributed by atoms with Crippen LogP contribution < -0.4 is 5.32 Å². The fourth-order valence-electron chi connectivity index (χ4n) is 4.85. The van der Waals surface area contributed by atoms with Crippen LogP contribution in [0.2, 0.25) is 0 Å². The molecule has 10 heteroatoms. The van der Waals surface area contributed by atoms with Crippen LogP contribution in [0.25, 0.3) is 11.4 Å². The first-order chi connectivity index (χ1) is 18.7. The van der Waals surface area contributed by atoms with Crippen molar-refractivity contribution in [3.8, 4) is 5.82 Å². The van der Waals surface area contributed by atoms with Crippen molar-refractivity contribution >= 4 is 17.2 Å². The third-order valence-corrected chi connectivity index (χ3v) is 7.41. The Balaban J connectivity index is 1.41. The van der Waals surface area contributed by atoms with Crippen molar-refractivity contribution < 1.29 is 18.0 Å². The van der Waals surface area contributed by atoms with Gasteiger partial charge < -0.3 is 10.2 Å². The van der Waals surface area contributed by atoms with Crippen LogP contribution in [0.15, 0.2) is 42.9 Å². The minimum atomic E-state index is -4.48. The minimum absolute atomic E-state index is 0.190. The summed E-state index contributed by atoms with van der Waals surface area (Å²) >= 11 is 0. The number of allylic oxidation sites excluding steroid dienone is 1. The van der Waals surface area contributed by atoms with Crippen LogP contribution in [0.1, 0.15) is 79.3 Å². The predicted octanol–water partition coefficient (Wildman–Crippen LogP) is 6.85. The Labute approximate surface area is 233 Å². The van der Waals surface area contributed by atoms with E-state index in [9.17, 15) is 18.0 Å². The molecule has 0 saturated carbocycles. The zero-order valence-electron chi connectivity index (χ0n) is 23.9. The molecule has 3 aromatic rings. The van der Waals surface area contributed by atoms with E-state index in [2.05, 4.69) is 59.2 Å². The number of nitrogens with zero attached hydrogens (tertiary/aromatic N) is 5. The summed E-state index contributed by atoms with van der Waals surface area (Å²) in [5.41, 5.74) is 3.94. The van der Waals surface area contributed by atoms with Crippen molar-refractivity contribution in [1.29, 1.82) is 0 Å². The average Bonchev–Trinajstić information content (AvgIpc) is 3.28. The van der Waals surface area contributed by atoms with Gasteiger partial charge in [0.2, 0.25) is 0 Å². The Hall–Kier alpha value is -3.53. The van der Waals surface area contributed by atoms with Crippen LogP contribution in [0.3, 0.4) is 0 Å². The van der Waals surface area contributed by atoms with Gasteiger partial charge in [-0.1, -0.05) is 26.8 Å². The van der Waals surface area contributed by atoms with E-state index in [1.807, 2.05) is 13.0 Å². The molecule has 1 unspecified atom stereocenters. The number of aryl methyl sites for hydroxylation is 1. The molecule has 7 nitrogen and oxygen atoms in total. The summed E-state index contributed by atoms with van der Waals surface area (Å²) in [6, 6.07) is 4.60. The van der Waals surface area contributed by atoms with Gasteiger partial charge >= 0.3 is 6.18 Å². The second-order valence-corrected chi connectivity index (χ2v) is 11.8. The fraction of sp³-hybridized carbons (Fsp3) is 0.467. The van der Waals surface area contributed by atoms with E-state index in [0.29, 0.717) is 28.4 Å². The lowest BCUT2D eigenvalue weighted by molar-refractivity contribution is -0.137. The molecule has 1 atom stereocenters. The number of aromatic nitrogens is 4. The molecule has 0 aromatic carbocycles. The van der Waals surface area contributed by atoms with E-state index < -0.39 is 11.7 Å². The lowest BCUT2D eigenvalue weighted by Crippen LogP contribution is -2.35. The molecule has 0 saturated heterocycles. The number of amides is 1. The third-order valence-electron chi connectivity index (χ3n) is 7.41. The molecule has 0 fully saturated rings. The van der Waals surface area contributed by atoms with Gasteiger partial charge in [0.1, 0.15) is 0 Å². The molecular weight excluding hydrogens is 517 g/mol. The molecule has 3 aromatic heterocycles. The van der Waals surface area contributed by atoms with Gasteiger partial charge in [0.15, 0.2) is 5.82 Å². The maximum absolute atomic E-state index is 13.0. The molecule has 1 aliphatic carbocycles. The van der Waals surface area contributed by atoms with E-state index in [-0.39, 0.29) is 11.7 Å². The van der Waals surface area contributed by atoms with E-state index in [4.69, 9.17) is 0 Å². The molecule has 1 N–H and O–H groups in total. The number of hydrogen-bond donors (Lipinski definition) is 1. The van der Waals surface area contributed by atoms with E-state index in [1.54, 1.807) is 13.1 Å². The summed E-state index contributed by atoms with van der Waals surface area (Å²) in [6.45, 7) is 11.6. The van der Waals surface area contributed by atoms with Crippen molar-refractivity contribution in [3.05, 3.63) is 70.9 Å². The van der Waals surface area contributed by atoms with Crippen LogP contribution in [0, 0.1) is 19.3 Å². The largest absolute Gasteiger partial charge is 0.417 e. The number of nitrogens with one attached hydrogen (secondary N) is 1. The monoisotopic (exact) mass is 554 g/mol. The molecule has 3 heterocycles. The molecule has 0 bridgehead atoms. The Morgan fingerprint density at radius 2 is 1.88 bits per heavy atom. The lowest BCUT2D eigenvalue weighted by atomic mass is 9.89. The molecular formula is C30H37F3N6O. The minimum Gasteiger partial charge on any atom is -0.320 e. The average molecular weight is 555 g/mol. The summed E-state index contributed by atoms with van der Waals surface area (Å²) in [4.78, 5) is 24.0. The first kappa shape index (κ1) is 29.5. The summed E-state index contributed by atoms with van der Waals surface area (Å²) in [6.07, 6.45) is 5.80. The SMILES string of the molecule is Cc1cc(NC(=O)c2cnn(-c3ccc(C(F)(F)F)cn3)c2C)cnc1C1=CCC(N(C)CCC(C)(C)C)CC1. The highest BCUT2D eigenvalue weighted by Gasteiger charge is 2.31. The quantitative estimate of drug-likeness (QED) is 0.346. The number of anilines is 1. The standard InChI is InChI=1S/C30H37F3N6O/c1-19-15-23(17-35-27(19)21-7-10-24(11-8-21)38(6)14-13-29(3,4)5)37-28(40)25-18-36-39(20(25)2)26-12-9-22(16-34-26)30(31,32)33/h7,9,12,15-18,24H,8,10-11,13-14H2,1-6H3,(H,37,40). The van der Waals surface area contributed by atoms with E-state index >= 15 is 0 Å². The lowest BCUT2D eigenvalue weighted by Gasteiger charge is -2.32. The second kappa shape index (κ2) is 11.5. The Morgan fingerprint density at radius 1 is 1.12 bits per heavy atom. The molecule has 4 rings (SSSR count). The molecule has 1 aliphatic rings. The number of carbonyl (C=O) groups is 1. The number of hydrogen-bond acceptors (Lipinski definition) is 5. The van der Waals surface area contributed by atoms with Gasteiger partial charge in [0.05, 0.1) is 40.6 Å². The predicted molar refractivity (Wildman–Crippen MR) is 150 cm³/mol. The van der Waals surface area contributed by atoms with Crippen LogP contribution in [0.4, 0.5) is 18.9 Å². The summed E-state index contributed by atoms with van der Waals surface area (Å²) in [7, 11) is 2.21. The van der Waals surface area contributed by atoms with E-state index in [0.717, 1.165) is 55.7 Å². The van der Waals surface area contributed by atoms with Gasteiger partial charge in [0.25, 0.3) is 5.91 Å². The van der Waals surface area contributed by atoms with Gasteiger partial charge in [-0.15, -0.1) is 0 Å². The van der Waals surface area contributed by atoms with Crippen LogP contribution >= 0.6 is 0 Å². The molecule has 40 heavy (non-hydrogen) atoms. The molecule has 0 radical (unpaired) electrons. The maximum atomic E-state index is 13.0. The van der Waals surface area contributed by atoms with Crippen molar-refractivity contribution in [2.24, 2.45) is 5.41 Å². The number of alkyl halides is 3. The first-order valence-electron chi connectivity index (χ1n) is 13.5. The Kier molecular flexibility index (Phi) is 8.49. The van der Waals surface area contributed by atoms with Gasteiger partial charge in [-0.2, -0.15) is 18.3 Å². The van der Waals surface area contributed by atoms with Gasteiger partial charge in [-0.05, 0) is 87.9 Å². The number of rotatable bonds is 7. The number of pyridine rings is 2. The van der Waals surface area contributed by atoms with Gasteiger partial charge in [-0.3, -0.25) is 9.78 Å². The van der Waals surface area contributed by atoms with E-state index in [1.165, 1.54) is 22.5 Å². The Bertz CT molecular complexity index is 1390. The molecule has 214 valence electrons. The van der Waals surface area contributed by atoms with Crippen LogP contribution in [-0.2, 0) is 6.18 Å². The van der Waals surface area contributed by atoms with Crippen molar-refractivity contribution in [1.82, 2.24) is 24.6 Å². The Morgan fingerprint density at radius 3 is 2.45 bits per heavy atom. The zero-order valence-corrected chi connectivity index (χ0v) is 23.9. The molecule has 0 aliphatic heterocycles. The molecule has 1 amide bonds. The maximum Gasteiger partial charge on any atom is 0.417 e. The van der Waals surface area contributed by atoms with Crippen LogP contribution in [0.5, 0.6) is 0 Å². The third kappa shape index (κ3) is 6.96. The summed E-state index contributed by atoms with van der Waals surface area (Å²) in [5, 5.41) is 7.02.